The number of carboxylic acids is 1. The van der Waals surface area contributed by atoms with Crippen LogP contribution in [-0.2, 0) is 4.79 Å². The topological polar surface area (TPSA) is 57.5 Å². The molecule has 0 aliphatic rings. The van der Waals surface area contributed by atoms with E-state index in [2.05, 4.69) is 13.8 Å². The first-order valence-electron chi connectivity index (χ1n) is 4.92. The zero-order chi connectivity index (χ0) is 10.3. The van der Waals surface area contributed by atoms with Gasteiger partial charge in [0.25, 0.3) is 0 Å². The van der Waals surface area contributed by atoms with E-state index in [1.54, 1.807) is 0 Å². The normalized spacial score (nSPS) is 15.3. The smallest absolute Gasteiger partial charge is 0.303 e. The average Bonchev–Trinajstić information content (AvgIpc) is 2.02. The Morgan fingerprint density at radius 2 is 2.08 bits per heavy atom. The van der Waals surface area contributed by atoms with Crippen LogP contribution < -0.4 is 0 Å². The second-order valence-electron chi connectivity index (χ2n) is 3.78. The van der Waals surface area contributed by atoms with Gasteiger partial charge < -0.3 is 10.2 Å². The molecule has 0 aromatic carbocycles. The van der Waals surface area contributed by atoms with Gasteiger partial charge in [0.05, 0.1) is 6.42 Å². The van der Waals surface area contributed by atoms with Gasteiger partial charge in [-0.25, -0.2) is 0 Å². The molecule has 0 aromatic rings. The van der Waals surface area contributed by atoms with Gasteiger partial charge in [-0.1, -0.05) is 26.7 Å². The molecular weight excluding hydrogens is 168 g/mol. The maximum atomic E-state index is 10.4. The minimum absolute atomic E-state index is 0.0135. The number of aliphatic hydroxyl groups excluding tert-OH is 1. The van der Waals surface area contributed by atoms with Crippen molar-refractivity contribution >= 4 is 5.97 Å². The summed E-state index contributed by atoms with van der Waals surface area (Å²) in [5, 5.41) is 17.5. The third-order valence-electron chi connectivity index (χ3n) is 2.24. The quantitative estimate of drug-likeness (QED) is 0.641. The van der Waals surface area contributed by atoms with Crippen LogP contribution in [0.2, 0.25) is 0 Å². The van der Waals surface area contributed by atoms with Crippen LogP contribution in [-0.4, -0.2) is 22.8 Å². The Bertz CT molecular complexity index is 145. The van der Waals surface area contributed by atoms with Gasteiger partial charge in [0, 0.05) is 6.61 Å². The number of aliphatic hydroxyl groups is 1. The van der Waals surface area contributed by atoms with E-state index < -0.39 is 5.97 Å². The van der Waals surface area contributed by atoms with Crippen molar-refractivity contribution in [3.63, 3.8) is 0 Å². The Kier molecular flexibility index (Phi) is 6.59. The second kappa shape index (κ2) is 6.89. The van der Waals surface area contributed by atoms with Gasteiger partial charge in [-0.3, -0.25) is 4.79 Å². The highest BCUT2D eigenvalue weighted by atomic mass is 16.4. The molecule has 0 heterocycles. The lowest BCUT2D eigenvalue weighted by molar-refractivity contribution is -0.138. The molecule has 0 spiro atoms. The molecule has 0 saturated carbocycles. The van der Waals surface area contributed by atoms with E-state index >= 15 is 0 Å². The van der Waals surface area contributed by atoms with Crippen LogP contribution in [0.5, 0.6) is 0 Å². The number of hydrogen-bond acceptors (Lipinski definition) is 2. The molecule has 0 amide bonds. The number of aliphatic carboxylic acids is 1. The maximum absolute atomic E-state index is 10.4. The summed E-state index contributed by atoms with van der Waals surface area (Å²) >= 11 is 0. The average molecular weight is 188 g/mol. The van der Waals surface area contributed by atoms with Crippen LogP contribution in [0.15, 0.2) is 0 Å². The van der Waals surface area contributed by atoms with E-state index in [-0.39, 0.29) is 18.9 Å². The van der Waals surface area contributed by atoms with Crippen molar-refractivity contribution in [1.82, 2.24) is 0 Å². The third kappa shape index (κ3) is 6.58. The molecule has 0 aliphatic carbocycles. The van der Waals surface area contributed by atoms with Crippen molar-refractivity contribution in [3.05, 3.63) is 0 Å². The molecule has 3 heteroatoms. The summed E-state index contributed by atoms with van der Waals surface area (Å²) in [5.74, 6) is -0.372. The van der Waals surface area contributed by atoms with Crippen LogP contribution in [0.4, 0.5) is 0 Å². The lowest BCUT2D eigenvalue weighted by atomic mass is 9.91. The van der Waals surface area contributed by atoms with Crippen molar-refractivity contribution < 1.29 is 15.0 Å². The van der Waals surface area contributed by atoms with Gasteiger partial charge in [0.2, 0.25) is 0 Å². The Morgan fingerprint density at radius 1 is 1.46 bits per heavy atom. The molecule has 0 aliphatic heterocycles. The zero-order valence-electron chi connectivity index (χ0n) is 8.49. The second-order valence-corrected chi connectivity index (χ2v) is 3.78. The molecule has 0 rings (SSSR count). The predicted octanol–water partition coefficient (Wildman–Crippen LogP) is 1.90. The van der Waals surface area contributed by atoms with Crippen LogP contribution in [0.25, 0.3) is 0 Å². The van der Waals surface area contributed by atoms with Crippen molar-refractivity contribution in [1.29, 1.82) is 0 Å². The number of hydrogen-bond donors (Lipinski definition) is 2. The van der Waals surface area contributed by atoms with Crippen LogP contribution >= 0.6 is 0 Å². The Morgan fingerprint density at radius 3 is 2.46 bits per heavy atom. The highest BCUT2D eigenvalue weighted by molar-refractivity contribution is 5.67. The van der Waals surface area contributed by atoms with E-state index in [9.17, 15) is 4.79 Å². The van der Waals surface area contributed by atoms with Gasteiger partial charge in [0.15, 0.2) is 0 Å². The van der Waals surface area contributed by atoms with Crippen molar-refractivity contribution in [2.75, 3.05) is 6.61 Å². The lowest BCUT2D eigenvalue weighted by Gasteiger charge is -2.16. The van der Waals surface area contributed by atoms with E-state index in [1.807, 2.05) is 0 Å². The highest BCUT2D eigenvalue weighted by Gasteiger charge is 2.15. The Hall–Kier alpha value is -0.570. The summed E-state index contributed by atoms with van der Waals surface area (Å²) in [4.78, 5) is 10.4. The molecule has 0 aromatic heterocycles. The summed E-state index contributed by atoms with van der Waals surface area (Å²) in [6, 6.07) is 0. The molecule has 0 saturated heterocycles. The molecule has 0 bridgehead atoms. The molecule has 0 radical (unpaired) electrons. The largest absolute Gasteiger partial charge is 0.481 e. The summed E-state index contributed by atoms with van der Waals surface area (Å²) in [7, 11) is 0. The molecule has 2 N–H and O–H groups in total. The standard InChI is InChI=1S/C10H20O3/c1-3-4-8(2)5-9(7-11)6-10(12)13/h8-9,11H,3-7H2,1-2H3,(H,12,13)/t8-,9+/m1/s1. The minimum Gasteiger partial charge on any atom is -0.481 e. The molecule has 3 nitrogen and oxygen atoms in total. The van der Waals surface area contributed by atoms with Gasteiger partial charge in [-0.05, 0) is 18.3 Å². The fourth-order valence-electron chi connectivity index (χ4n) is 1.65. The molecule has 13 heavy (non-hydrogen) atoms. The van der Waals surface area contributed by atoms with Crippen LogP contribution in [0.3, 0.4) is 0 Å². The third-order valence-corrected chi connectivity index (χ3v) is 2.24. The number of carboxylic acid groups (broad SMARTS) is 1. The summed E-state index contributed by atoms with van der Waals surface area (Å²) < 4.78 is 0. The molecule has 0 fully saturated rings. The summed E-state index contributed by atoms with van der Waals surface area (Å²) in [5.41, 5.74) is 0. The molecule has 78 valence electrons. The van der Waals surface area contributed by atoms with Crippen LogP contribution in [0, 0.1) is 11.8 Å². The number of carbonyl (C=O) groups is 1. The number of rotatable bonds is 7. The Labute approximate surface area is 79.8 Å². The molecular formula is C10H20O3. The first-order chi connectivity index (χ1) is 6.10. The van der Waals surface area contributed by atoms with E-state index in [0.29, 0.717) is 5.92 Å². The van der Waals surface area contributed by atoms with Crippen LogP contribution in [0.1, 0.15) is 39.5 Å². The monoisotopic (exact) mass is 188 g/mol. The summed E-state index contributed by atoms with van der Waals surface area (Å²) in [6.07, 6.45) is 3.13. The van der Waals surface area contributed by atoms with E-state index in [4.69, 9.17) is 10.2 Å². The molecule has 2 atom stereocenters. The van der Waals surface area contributed by atoms with Crippen molar-refractivity contribution in [3.8, 4) is 0 Å². The maximum Gasteiger partial charge on any atom is 0.303 e. The van der Waals surface area contributed by atoms with Gasteiger partial charge >= 0.3 is 5.97 Å². The highest BCUT2D eigenvalue weighted by Crippen LogP contribution is 2.19. The molecule has 0 unspecified atom stereocenters. The van der Waals surface area contributed by atoms with Gasteiger partial charge in [0.1, 0.15) is 0 Å². The SMILES string of the molecule is CCC[C@@H](C)C[C@H](CO)CC(=O)O. The van der Waals surface area contributed by atoms with Gasteiger partial charge in [-0.15, -0.1) is 0 Å². The summed E-state index contributed by atoms with van der Waals surface area (Å²) in [6.45, 7) is 4.20. The first-order valence-corrected chi connectivity index (χ1v) is 4.92. The first kappa shape index (κ1) is 12.4. The Balaban J connectivity index is 3.75. The lowest BCUT2D eigenvalue weighted by Crippen LogP contribution is -2.15. The van der Waals surface area contributed by atoms with Gasteiger partial charge in [-0.2, -0.15) is 0 Å². The fourth-order valence-corrected chi connectivity index (χ4v) is 1.65. The van der Waals surface area contributed by atoms with Crippen molar-refractivity contribution in [2.45, 2.75) is 39.5 Å². The predicted molar refractivity (Wildman–Crippen MR) is 51.5 cm³/mol. The fraction of sp³-hybridized carbons (Fsp3) is 0.900. The minimum atomic E-state index is -0.817. The zero-order valence-corrected chi connectivity index (χ0v) is 8.49. The van der Waals surface area contributed by atoms with Crippen molar-refractivity contribution in [2.24, 2.45) is 11.8 Å². The van der Waals surface area contributed by atoms with E-state index in [0.717, 1.165) is 19.3 Å². The van der Waals surface area contributed by atoms with E-state index in [1.165, 1.54) is 0 Å².